The molecule has 1 aliphatic heterocycles. The van der Waals surface area contributed by atoms with Gasteiger partial charge in [-0.3, -0.25) is 14.9 Å². The first kappa shape index (κ1) is 16.4. The van der Waals surface area contributed by atoms with Gasteiger partial charge < -0.3 is 9.47 Å². The minimum Gasteiger partial charge on any atom is -0.486 e. The lowest BCUT2D eigenvalue weighted by Gasteiger charge is -2.18. The van der Waals surface area contributed by atoms with E-state index in [1.807, 2.05) is 0 Å². The minimum absolute atomic E-state index is 0.00290. The first-order chi connectivity index (χ1) is 12.0. The third-order valence-electron chi connectivity index (χ3n) is 3.63. The Bertz CT molecular complexity index is 846. The van der Waals surface area contributed by atoms with Crippen LogP contribution in [0.5, 0.6) is 11.5 Å². The normalized spacial score (nSPS) is 13.2. The lowest BCUT2D eigenvalue weighted by Crippen LogP contribution is -2.20. The summed E-state index contributed by atoms with van der Waals surface area (Å²) in [7, 11) is 0. The number of carbonyl (C=O) groups excluding carboxylic acids is 1. The number of carbonyl (C=O) groups is 1. The summed E-state index contributed by atoms with van der Waals surface area (Å²) in [5.41, 5.74) is 4.05. The highest BCUT2D eigenvalue weighted by Crippen LogP contribution is 2.30. The van der Waals surface area contributed by atoms with Gasteiger partial charge in [0.1, 0.15) is 13.2 Å². The number of fused-ring (bicyclic) bond motifs is 1. The quantitative estimate of drug-likeness (QED) is 0.523. The third kappa shape index (κ3) is 3.74. The fourth-order valence-corrected chi connectivity index (χ4v) is 2.27. The molecule has 1 aliphatic rings. The van der Waals surface area contributed by atoms with Crippen molar-refractivity contribution in [3.63, 3.8) is 0 Å². The molecule has 128 valence electrons. The number of benzene rings is 2. The summed E-state index contributed by atoms with van der Waals surface area (Å²) >= 11 is 0. The van der Waals surface area contributed by atoms with E-state index in [1.165, 1.54) is 12.1 Å². The number of nitrogens with one attached hydrogen (secondary N) is 1. The zero-order valence-corrected chi connectivity index (χ0v) is 13.4. The van der Waals surface area contributed by atoms with Crippen LogP contribution < -0.4 is 14.9 Å². The number of nitrogens with zero attached hydrogens (tertiary/aromatic N) is 2. The van der Waals surface area contributed by atoms with Crippen LogP contribution in [0, 0.1) is 10.1 Å². The Kier molecular flexibility index (Phi) is 4.60. The smallest absolute Gasteiger partial charge is 0.271 e. The lowest BCUT2D eigenvalue weighted by atomic mass is 10.1. The molecular weight excluding hydrogens is 326 g/mol. The van der Waals surface area contributed by atoms with Crippen molar-refractivity contribution in [1.29, 1.82) is 0 Å². The maximum atomic E-state index is 12.2. The van der Waals surface area contributed by atoms with Gasteiger partial charge in [-0.15, -0.1) is 0 Å². The molecule has 1 heterocycles. The maximum absolute atomic E-state index is 12.2. The van der Waals surface area contributed by atoms with Gasteiger partial charge in [0.15, 0.2) is 11.5 Å². The molecule has 1 amide bonds. The van der Waals surface area contributed by atoms with Crippen molar-refractivity contribution in [2.75, 3.05) is 13.2 Å². The number of ether oxygens (including phenoxy) is 2. The fraction of sp³-hybridized carbons (Fsp3) is 0.176. The number of hydrogen-bond donors (Lipinski definition) is 1. The summed E-state index contributed by atoms with van der Waals surface area (Å²) in [6.45, 7) is 2.62. The van der Waals surface area contributed by atoms with Gasteiger partial charge >= 0.3 is 0 Å². The average Bonchev–Trinajstić information content (AvgIpc) is 2.65. The van der Waals surface area contributed by atoms with Gasteiger partial charge in [-0.1, -0.05) is 0 Å². The summed E-state index contributed by atoms with van der Waals surface area (Å²) in [6, 6.07) is 10.8. The monoisotopic (exact) mass is 341 g/mol. The highest BCUT2D eigenvalue weighted by atomic mass is 16.6. The SMILES string of the molecule is CC(=NNC(=O)c1ccc2c(c1)OCCO2)c1ccc([N+](=O)[O-])cc1. The Morgan fingerprint density at radius 1 is 1.08 bits per heavy atom. The van der Waals surface area contributed by atoms with Crippen LogP contribution in [-0.2, 0) is 0 Å². The molecule has 2 aromatic carbocycles. The summed E-state index contributed by atoms with van der Waals surface area (Å²) < 4.78 is 10.9. The standard InChI is InChI=1S/C17H15N3O5/c1-11(12-2-5-14(6-3-12)20(22)23)18-19-17(21)13-4-7-15-16(10-13)25-9-8-24-15/h2-7,10H,8-9H2,1H3,(H,19,21). The van der Waals surface area contributed by atoms with Crippen molar-refractivity contribution >= 4 is 17.3 Å². The Hall–Kier alpha value is -3.42. The second-order valence-corrected chi connectivity index (χ2v) is 5.30. The molecule has 0 saturated heterocycles. The zero-order valence-electron chi connectivity index (χ0n) is 13.4. The first-order valence-electron chi connectivity index (χ1n) is 7.54. The van der Waals surface area contributed by atoms with E-state index >= 15 is 0 Å². The predicted octanol–water partition coefficient (Wildman–Crippen LogP) is 2.52. The van der Waals surface area contributed by atoms with Gasteiger partial charge in [0.25, 0.3) is 11.6 Å². The molecule has 1 N–H and O–H groups in total. The van der Waals surface area contributed by atoms with E-state index in [9.17, 15) is 14.9 Å². The highest BCUT2D eigenvalue weighted by molar-refractivity contribution is 6.01. The lowest BCUT2D eigenvalue weighted by molar-refractivity contribution is -0.384. The van der Waals surface area contributed by atoms with Crippen LogP contribution in [0.4, 0.5) is 5.69 Å². The number of rotatable bonds is 4. The van der Waals surface area contributed by atoms with Crippen LogP contribution >= 0.6 is 0 Å². The zero-order chi connectivity index (χ0) is 17.8. The fourth-order valence-electron chi connectivity index (χ4n) is 2.27. The van der Waals surface area contributed by atoms with Crippen molar-refractivity contribution in [2.24, 2.45) is 5.10 Å². The molecule has 3 rings (SSSR count). The Morgan fingerprint density at radius 2 is 1.72 bits per heavy atom. The van der Waals surface area contributed by atoms with Crippen molar-refractivity contribution in [3.05, 3.63) is 63.7 Å². The largest absolute Gasteiger partial charge is 0.486 e. The van der Waals surface area contributed by atoms with E-state index in [2.05, 4.69) is 10.5 Å². The number of nitro groups is 1. The molecule has 0 atom stereocenters. The van der Waals surface area contributed by atoms with Crippen LogP contribution in [-0.4, -0.2) is 29.8 Å². The molecule has 8 heteroatoms. The molecule has 25 heavy (non-hydrogen) atoms. The predicted molar refractivity (Wildman–Crippen MR) is 90.2 cm³/mol. The van der Waals surface area contributed by atoms with E-state index in [0.717, 1.165) is 0 Å². The molecule has 2 aromatic rings. The van der Waals surface area contributed by atoms with Crippen molar-refractivity contribution in [3.8, 4) is 11.5 Å². The van der Waals surface area contributed by atoms with Gasteiger partial charge in [-0.25, -0.2) is 5.43 Å². The minimum atomic E-state index is -0.472. The van der Waals surface area contributed by atoms with E-state index in [-0.39, 0.29) is 5.69 Å². The highest BCUT2D eigenvalue weighted by Gasteiger charge is 2.15. The molecule has 0 radical (unpaired) electrons. The van der Waals surface area contributed by atoms with Gasteiger partial charge in [0.05, 0.1) is 10.6 Å². The number of non-ortho nitro benzene ring substituents is 1. The number of amides is 1. The van der Waals surface area contributed by atoms with Crippen molar-refractivity contribution in [2.45, 2.75) is 6.92 Å². The summed E-state index contributed by atoms with van der Waals surface area (Å²) in [5.74, 6) is 0.738. The van der Waals surface area contributed by atoms with Gasteiger partial charge in [0, 0.05) is 17.7 Å². The molecule has 0 spiro atoms. The molecule has 0 bridgehead atoms. The second-order valence-electron chi connectivity index (χ2n) is 5.30. The molecule has 0 aliphatic carbocycles. The maximum Gasteiger partial charge on any atom is 0.271 e. The molecule has 8 nitrogen and oxygen atoms in total. The van der Waals surface area contributed by atoms with E-state index in [4.69, 9.17) is 9.47 Å². The van der Waals surface area contributed by atoms with Gasteiger partial charge in [-0.2, -0.15) is 5.10 Å². The Labute approximate surface area is 143 Å². The summed E-state index contributed by atoms with van der Waals surface area (Å²) in [4.78, 5) is 22.4. The van der Waals surface area contributed by atoms with Gasteiger partial charge in [0.2, 0.25) is 0 Å². The van der Waals surface area contributed by atoms with Crippen LogP contribution in [0.2, 0.25) is 0 Å². The summed E-state index contributed by atoms with van der Waals surface area (Å²) in [6.07, 6.45) is 0. The first-order valence-corrected chi connectivity index (χ1v) is 7.54. The van der Waals surface area contributed by atoms with Crippen LogP contribution in [0.15, 0.2) is 47.6 Å². The topological polar surface area (TPSA) is 103 Å². The molecular formula is C17H15N3O5. The second kappa shape index (κ2) is 7.00. The van der Waals surface area contributed by atoms with Crippen molar-refractivity contribution < 1.29 is 19.2 Å². The van der Waals surface area contributed by atoms with E-state index in [1.54, 1.807) is 37.3 Å². The number of hydrazone groups is 1. The van der Waals surface area contributed by atoms with Crippen LogP contribution in [0.1, 0.15) is 22.8 Å². The molecule has 0 unspecified atom stereocenters. The van der Waals surface area contributed by atoms with E-state index in [0.29, 0.717) is 41.6 Å². The summed E-state index contributed by atoms with van der Waals surface area (Å²) in [5, 5.41) is 14.7. The Morgan fingerprint density at radius 3 is 2.40 bits per heavy atom. The van der Waals surface area contributed by atoms with E-state index < -0.39 is 10.8 Å². The average molecular weight is 341 g/mol. The van der Waals surface area contributed by atoms with Gasteiger partial charge in [-0.05, 0) is 42.8 Å². The van der Waals surface area contributed by atoms with Crippen LogP contribution in [0.25, 0.3) is 0 Å². The molecule has 0 fully saturated rings. The third-order valence-corrected chi connectivity index (χ3v) is 3.63. The molecule has 0 aromatic heterocycles. The van der Waals surface area contributed by atoms with Crippen molar-refractivity contribution in [1.82, 2.24) is 5.43 Å². The molecule has 0 saturated carbocycles. The number of hydrogen-bond acceptors (Lipinski definition) is 6. The van der Waals surface area contributed by atoms with Crippen LogP contribution in [0.3, 0.4) is 0 Å². The number of nitro benzene ring substituents is 1. The Balaban J connectivity index is 1.70.